The molecule has 2 amide bonds. The van der Waals surface area contributed by atoms with Gasteiger partial charge in [0.1, 0.15) is 17.1 Å². The molecule has 2 aromatic rings. The van der Waals surface area contributed by atoms with Gasteiger partial charge >= 0.3 is 6.03 Å². The third kappa shape index (κ3) is 4.60. The van der Waals surface area contributed by atoms with E-state index in [9.17, 15) is 4.79 Å². The molecule has 2 aliphatic heterocycles. The summed E-state index contributed by atoms with van der Waals surface area (Å²) in [7, 11) is 1.62. The average Bonchev–Trinajstić information content (AvgIpc) is 2.73. The molecular formula is C24H31N5O2. The van der Waals surface area contributed by atoms with E-state index in [2.05, 4.69) is 42.8 Å². The highest BCUT2D eigenvalue weighted by Crippen LogP contribution is 2.37. The molecule has 0 radical (unpaired) electrons. The van der Waals surface area contributed by atoms with Crippen LogP contribution >= 0.6 is 0 Å². The molecule has 1 atom stereocenters. The van der Waals surface area contributed by atoms with Crippen molar-refractivity contribution < 1.29 is 9.53 Å². The number of ether oxygens (including phenoxy) is 1. The molecule has 31 heavy (non-hydrogen) atoms. The van der Waals surface area contributed by atoms with Crippen LogP contribution in [0.25, 0.3) is 0 Å². The lowest BCUT2D eigenvalue weighted by molar-refractivity contribution is 0.186. The van der Waals surface area contributed by atoms with Crippen molar-refractivity contribution in [1.82, 2.24) is 4.90 Å². The molecule has 2 heterocycles. The van der Waals surface area contributed by atoms with Crippen molar-refractivity contribution in [2.75, 3.05) is 36.1 Å². The molecule has 7 nitrogen and oxygen atoms in total. The van der Waals surface area contributed by atoms with E-state index < -0.39 is 5.54 Å². The lowest BCUT2D eigenvalue weighted by Gasteiger charge is -2.47. The van der Waals surface area contributed by atoms with Crippen LogP contribution in [0, 0.1) is 0 Å². The molecule has 2 aliphatic rings. The summed E-state index contributed by atoms with van der Waals surface area (Å²) in [5.74, 6) is 1.60. The van der Waals surface area contributed by atoms with E-state index >= 15 is 0 Å². The SMILES string of the molecule is COc1cccc(NC(=O)N2CCCC3(C2)Nc2ccccc2NC3=NC(C)(C)C)c1. The van der Waals surface area contributed by atoms with Crippen LogP contribution in [-0.4, -0.2) is 48.0 Å². The number of likely N-dealkylation sites (tertiary alicyclic amines) is 1. The van der Waals surface area contributed by atoms with Gasteiger partial charge in [0.15, 0.2) is 0 Å². The summed E-state index contributed by atoms with van der Waals surface area (Å²) in [4.78, 5) is 20.0. The second-order valence-electron chi connectivity index (χ2n) is 9.20. The van der Waals surface area contributed by atoms with Gasteiger partial charge in [-0.2, -0.15) is 0 Å². The van der Waals surface area contributed by atoms with Crippen LogP contribution in [0.3, 0.4) is 0 Å². The van der Waals surface area contributed by atoms with Gasteiger partial charge in [0.05, 0.1) is 30.6 Å². The highest BCUT2D eigenvalue weighted by molar-refractivity contribution is 6.10. The number of piperidine rings is 1. The molecule has 164 valence electrons. The predicted molar refractivity (Wildman–Crippen MR) is 126 cm³/mol. The molecule has 0 saturated carbocycles. The highest BCUT2D eigenvalue weighted by Gasteiger charge is 2.45. The van der Waals surface area contributed by atoms with Crippen LogP contribution in [0.5, 0.6) is 5.75 Å². The molecule has 0 aromatic heterocycles. The Morgan fingerprint density at radius 1 is 1.16 bits per heavy atom. The minimum Gasteiger partial charge on any atom is -0.497 e. The predicted octanol–water partition coefficient (Wildman–Crippen LogP) is 4.80. The van der Waals surface area contributed by atoms with Gasteiger partial charge in [-0.15, -0.1) is 0 Å². The fraction of sp³-hybridized carbons (Fsp3) is 0.417. The van der Waals surface area contributed by atoms with Crippen molar-refractivity contribution in [1.29, 1.82) is 0 Å². The maximum atomic E-state index is 13.1. The van der Waals surface area contributed by atoms with Crippen molar-refractivity contribution >= 4 is 28.9 Å². The van der Waals surface area contributed by atoms with E-state index in [1.54, 1.807) is 7.11 Å². The van der Waals surface area contributed by atoms with Crippen LogP contribution in [0.1, 0.15) is 33.6 Å². The number of nitrogens with zero attached hydrogens (tertiary/aromatic N) is 2. The zero-order valence-electron chi connectivity index (χ0n) is 18.7. The number of nitrogens with one attached hydrogen (secondary N) is 3. The smallest absolute Gasteiger partial charge is 0.321 e. The van der Waals surface area contributed by atoms with Gasteiger partial charge < -0.3 is 25.6 Å². The third-order valence-electron chi connectivity index (χ3n) is 5.56. The Morgan fingerprint density at radius 3 is 2.68 bits per heavy atom. The Kier molecular flexibility index (Phi) is 5.52. The van der Waals surface area contributed by atoms with Gasteiger partial charge in [0.2, 0.25) is 0 Å². The molecule has 1 unspecified atom stereocenters. The summed E-state index contributed by atoms with van der Waals surface area (Å²) < 4.78 is 5.27. The lowest BCUT2D eigenvalue weighted by Crippen LogP contribution is -2.63. The fourth-order valence-electron chi connectivity index (χ4n) is 4.16. The number of benzene rings is 2. The van der Waals surface area contributed by atoms with Crippen LogP contribution < -0.4 is 20.7 Å². The van der Waals surface area contributed by atoms with Gasteiger partial charge in [0.25, 0.3) is 0 Å². The summed E-state index contributed by atoms with van der Waals surface area (Å²) in [6.07, 6.45) is 1.78. The molecule has 7 heteroatoms. The summed E-state index contributed by atoms with van der Waals surface area (Å²) in [5, 5.41) is 10.3. The number of fused-ring (bicyclic) bond motifs is 1. The first-order valence-corrected chi connectivity index (χ1v) is 10.7. The molecule has 0 bridgehead atoms. The van der Waals surface area contributed by atoms with E-state index in [1.807, 2.05) is 47.4 Å². The summed E-state index contributed by atoms with van der Waals surface area (Å²) >= 11 is 0. The molecule has 0 aliphatic carbocycles. The molecule has 3 N–H and O–H groups in total. The minimum atomic E-state index is -0.453. The number of amidine groups is 1. The number of urea groups is 1. The van der Waals surface area contributed by atoms with E-state index in [4.69, 9.17) is 9.73 Å². The Labute approximate surface area is 183 Å². The van der Waals surface area contributed by atoms with Gasteiger partial charge in [-0.1, -0.05) is 18.2 Å². The zero-order valence-corrected chi connectivity index (χ0v) is 18.7. The number of carbonyl (C=O) groups is 1. The molecule has 4 rings (SSSR count). The molecule has 2 aromatic carbocycles. The average molecular weight is 422 g/mol. The second-order valence-corrected chi connectivity index (χ2v) is 9.20. The first kappa shape index (κ1) is 21.0. The number of methoxy groups -OCH3 is 1. The topological polar surface area (TPSA) is 78.0 Å². The van der Waals surface area contributed by atoms with Crippen molar-refractivity contribution in [3.05, 3.63) is 48.5 Å². The molecular weight excluding hydrogens is 390 g/mol. The van der Waals surface area contributed by atoms with Crippen LogP contribution in [0.15, 0.2) is 53.5 Å². The number of hydrogen-bond acceptors (Lipinski definition) is 4. The first-order valence-electron chi connectivity index (χ1n) is 10.7. The number of hydrogen-bond donors (Lipinski definition) is 3. The normalized spacial score (nSPS) is 21.8. The third-order valence-corrected chi connectivity index (χ3v) is 5.56. The Morgan fingerprint density at radius 2 is 1.94 bits per heavy atom. The Hall–Kier alpha value is -3.22. The van der Waals surface area contributed by atoms with E-state index in [0.29, 0.717) is 24.5 Å². The van der Waals surface area contributed by atoms with Crippen molar-refractivity contribution in [3.8, 4) is 5.75 Å². The lowest BCUT2D eigenvalue weighted by atomic mass is 9.85. The van der Waals surface area contributed by atoms with Gasteiger partial charge in [-0.05, 0) is 57.9 Å². The van der Waals surface area contributed by atoms with E-state index in [-0.39, 0.29) is 11.6 Å². The fourth-order valence-corrected chi connectivity index (χ4v) is 4.16. The monoisotopic (exact) mass is 421 g/mol. The van der Waals surface area contributed by atoms with Gasteiger partial charge in [-0.3, -0.25) is 4.99 Å². The number of para-hydroxylation sites is 2. The van der Waals surface area contributed by atoms with Gasteiger partial charge in [-0.25, -0.2) is 4.79 Å². The molecule has 1 spiro atoms. The summed E-state index contributed by atoms with van der Waals surface area (Å²) in [5.41, 5.74) is 2.06. The van der Waals surface area contributed by atoms with Crippen molar-refractivity contribution in [2.45, 2.75) is 44.7 Å². The molecule has 1 fully saturated rings. The van der Waals surface area contributed by atoms with E-state index in [0.717, 1.165) is 30.1 Å². The number of rotatable bonds is 2. The second kappa shape index (κ2) is 8.13. The highest BCUT2D eigenvalue weighted by atomic mass is 16.5. The standard InChI is InChI=1S/C24H31N5O2/c1-23(2,3)28-21-24(27-20-12-6-5-11-19(20)26-21)13-8-14-29(16-24)22(30)25-17-9-7-10-18(15-17)31-4/h5-7,9-12,15,27H,8,13-14,16H2,1-4H3,(H,25,30)(H,26,28). The largest absolute Gasteiger partial charge is 0.497 e. The summed E-state index contributed by atoms with van der Waals surface area (Å²) in [6, 6.07) is 15.4. The Bertz CT molecular complexity index is 997. The van der Waals surface area contributed by atoms with Crippen LogP contribution in [-0.2, 0) is 0 Å². The molecule has 1 saturated heterocycles. The first-order chi connectivity index (χ1) is 14.8. The number of anilines is 3. The Balaban J connectivity index is 1.60. The maximum absolute atomic E-state index is 13.1. The quantitative estimate of drug-likeness (QED) is 0.651. The van der Waals surface area contributed by atoms with E-state index in [1.165, 1.54) is 0 Å². The number of carbonyl (C=O) groups excluding carboxylic acids is 1. The maximum Gasteiger partial charge on any atom is 0.321 e. The number of aliphatic imine (C=N–C) groups is 1. The number of amides is 2. The minimum absolute atomic E-state index is 0.122. The van der Waals surface area contributed by atoms with Crippen LogP contribution in [0.4, 0.5) is 21.9 Å². The van der Waals surface area contributed by atoms with Crippen LogP contribution in [0.2, 0.25) is 0 Å². The van der Waals surface area contributed by atoms with Crippen molar-refractivity contribution in [3.63, 3.8) is 0 Å². The van der Waals surface area contributed by atoms with Crippen molar-refractivity contribution in [2.24, 2.45) is 4.99 Å². The zero-order chi connectivity index (χ0) is 22.1. The van der Waals surface area contributed by atoms with Gasteiger partial charge in [0, 0.05) is 18.3 Å². The summed E-state index contributed by atoms with van der Waals surface area (Å²) in [6.45, 7) is 7.49.